The second-order valence-corrected chi connectivity index (χ2v) is 5.24. The van der Waals surface area contributed by atoms with Gasteiger partial charge in [-0.2, -0.15) is 0 Å². The van der Waals surface area contributed by atoms with Crippen LogP contribution in [0.3, 0.4) is 0 Å². The molecule has 0 saturated heterocycles. The molecule has 5 nitrogen and oxygen atoms in total. The predicted octanol–water partition coefficient (Wildman–Crippen LogP) is 2.20. The van der Waals surface area contributed by atoms with E-state index in [1.54, 1.807) is 6.92 Å². The topological polar surface area (TPSA) is 75.6 Å². The van der Waals surface area contributed by atoms with Gasteiger partial charge in [0.15, 0.2) is 0 Å². The van der Waals surface area contributed by atoms with Crippen molar-refractivity contribution in [1.29, 1.82) is 0 Å². The fourth-order valence-corrected chi connectivity index (χ4v) is 1.51. The number of hydrogen-bond donors (Lipinski definition) is 2. The molecule has 0 aliphatic carbocycles. The number of carboxylic acid groups (broad SMARTS) is 1. The van der Waals surface area contributed by atoms with Crippen molar-refractivity contribution in [1.82, 2.24) is 5.32 Å². The zero-order chi connectivity index (χ0) is 14.8. The van der Waals surface area contributed by atoms with Gasteiger partial charge in [-0.15, -0.1) is 0 Å². The first-order valence-electron chi connectivity index (χ1n) is 7.03. The van der Waals surface area contributed by atoms with Crippen molar-refractivity contribution in [2.24, 2.45) is 5.92 Å². The average molecular weight is 273 g/mol. The maximum atomic E-state index is 11.8. The smallest absolute Gasteiger partial charge is 0.326 e. The highest BCUT2D eigenvalue weighted by atomic mass is 16.5. The number of carbonyl (C=O) groups excluding carboxylic acids is 1. The highest BCUT2D eigenvalue weighted by Gasteiger charge is 2.22. The molecule has 0 aromatic heterocycles. The number of amides is 1. The van der Waals surface area contributed by atoms with Gasteiger partial charge in [0.25, 0.3) is 0 Å². The summed E-state index contributed by atoms with van der Waals surface area (Å²) in [7, 11) is 0. The molecule has 0 aromatic carbocycles. The second-order valence-electron chi connectivity index (χ2n) is 5.24. The molecule has 0 rings (SSSR count). The Morgan fingerprint density at radius 1 is 1.21 bits per heavy atom. The third-order valence-corrected chi connectivity index (χ3v) is 2.89. The lowest BCUT2D eigenvalue weighted by Gasteiger charge is -2.18. The van der Waals surface area contributed by atoms with Crippen molar-refractivity contribution in [3.63, 3.8) is 0 Å². The highest BCUT2D eigenvalue weighted by Crippen LogP contribution is 2.04. The Hall–Kier alpha value is -1.10. The molecule has 0 aromatic rings. The maximum Gasteiger partial charge on any atom is 0.326 e. The summed E-state index contributed by atoms with van der Waals surface area (Å²) in [6, 6.07) is -0.816. The lowest BCUT2D eigenvalue weighted by Crippen LogP contribution is -2.45. The lowest BCUT2D eigenvalue weighted by atomic mass is 10.1. The average Bonchev–Trinajstić information content (AvgIpc) is 2.33. The Morgan fingerprint density at radius 3 is 2.32 bits per heavy atom. The number of carbonyl (C=O) groups is 2. The Labute approximate surface area is 115 Å². The minimum Gasteiger partial charge on any atom is -0.480 e. The Kier molecular flexibility index (Phi) is 9.21. The van der Waals surface area contributed by atoms with Gasteiger partial charge in [-0.25, -0.2) is 4.79 Å². The number of ether oxygens (including phenoxy) is 1. The summed E-state index contributed by atoms with van der Waals surface area (Å²) in [6.45, 7) is 8.31. The van der Waals surface area contributed by atoms with Crippen LogP contribution in [-0.4, -0.2) is 35.7 Å². The van der Waals surface area contributed by atoms with Gasteiger partial charge in [0.2, 0.25) is 5.91 Å². The van der Waals surface area contributed by atoms with Crippen LogP contribution in [0.15, 0.2) is 0 Å². The van der Waals surface area contributed by atoms with Crippen LogP contribution in [0.4, 0.5) is 0 Å². The quantitative estimate of drug-likeness (QED) is 0.640. The number of carboxylic acids is 1. The van der Waals surface area contributed by atoms with Crippen LogP contribution >= 0.6 is 0 Å². The van der Waals surface area contributed by atoms with Crippen molar-refractivity contribution in [2.75, 3.05) is 6.61 Å². The lowest BCUT2D eigenvalue weighted by molar-refractivity contribution is -0.144. The summed E-state index contributed by atoms with van der Waals surface area (Å²) in [5, 5.41) is 11.5. The van der Waals surface area contributed by atoms with E-state index in [2.05, 4.69) is 19.2 Å². The van der Waals surface area contributed by atoms with Gasteiger partial charge in [0, 0.05) is 6.61 Å². The predicted molar refractivity (Wildman–Crippen MR) is 74.0 cm³/mol. The van der Waals surface area contributed by atoms with Gasteiger partial charge in [0.1, 0.15) is 12.1 Å². The minimum atomic E-state index is -0.990. The zero-order valence-electron chi connectivity index (χ0n) is 12.4. The molecule has 1 unspecified atom stereocenters. The van der Waals surface area contributed by atoms with E-state index in [9.17, 15) is 9.59 Å². The van der Waals surface area contributed by atoms with Crippen LogP contribution in [0.1, 0.15) is 53.4 Å². The fourth-order valence-electron chi connectivity index (χ4n) is 1.51. The summed E-state index contributed by atoms with van der Waals surface area (Å²) >= 11 is 0. The van der Waals surface area contributed by atoms with Crippen LogP contribution in [-0.2, 0) is 14.3 Å². The second kappa shape index (κ2) is 9.78. The standard InChI is InChI=1S/C14H27NO4/c1-5-6-7-12(14(17)18)15-13(16)11(4)19-9-8-10(2)3/h10-12H,5-9H2,1-4H3,(H,15,16)(H,17,18)/t11?,12-/m0/s1. The number of rotatable bonds is 10. The first-order valence-corrected chi connectivity index (χ1v) is 7.03. The van der Waals surface area contributed by atoms with Crippen LogP contribution in [0.25, 0.3) is 0 Å². The van der Waals surface area contributed by atoms with Crippen LogP contribution < -0.4 is 5.32 Å². The van der Waals surface area contributed by atoms with Gasteiger partial charge < -0.3 is 15.2 Å². The van der Waals surface area contributed by atoms with Gasteiger partial charge in [-0.05, 0) is 25.7 Å². The van der Waals surface area contributed by atoms with Crippen molar-refractivity contribution in [3.8, 4) is 0 Å². The van der Waals surface area contributed by atoms with Crippen LogP contribution in [0, 0.1) is 5.92 Å². The monoisotopic (exact) mass is 273 g/mol. The van der Waals surface area contributed by atoms with E-state index in [0.717, 1.165) is 19.3 Å². The molecule has 0 radical (unpaired) electrons. The molecular weight excluding hydrogens is 246 g/mol. The molecule has 19 heavy (non-hydrogen) atoms. The molecule has 0 aliphatic rings. The molecule has 1 amide bonds. The van der Waals surface area contributed by atoms with E-state index in [1.165, 1.54) is 0 Å². The third kappa shape index (κ3) is 8.59. The molecule has 0 spiro atoms. The summed E-state index contributed by atoms with van der Waals surface area (Å²) < 4.78 is 5.39. The Bertz CT molecular complexity index is 279. The van der Waals surface area contributed by atoms with Crippen LogP contribution in [0.2, 0.25) is 0 Å². The molecule has 0 fully saturated rings. The zero-order valence-corrected chi connectivity index (χ0v) is 12.4. The van der Waals surface area contributed by atoms with Gasteiger partial charge in [-0.3, -0.25) is 4.79 Å². The normalized spacial score (nSPS) is 14.2. The molecule has 0 saturated carbocycles. The van der Waals surface area contributed by atoms with E-state index in [4.69, 9.17) is 9.84 Å². The summed E-state index contributed by atoms with van der Waals surface area (Å²) in [4.78, 5) is 22.8. The number of hydrogen-bond acceptors (Lipinski definition) is 3. The molecule has 2 N–H and O–H groups in total. The molecule has 0 bridgehead atoms. The number of aliphatic carboxylic acids is 1. The van der Waals surface area contributed by atoms with Crippen molar-refractivity contribution in [3.05, 3.63) is 0 Å². The Balaban J connectivity index is 4.12. The van der Waals surface area contributed by atoms with E-state index in [-0.39, 0.29) is 5.91 Å². The number of nitrogens with one attached hydrogen (secondary N) is 1. The van der Waals surface area contributed by atoms with E-state index < -0.39 is 18.1 Å². The van der Waals surface area contributed by atoms with Gasteiger partial charge >= 0.3 is 5.97 Å². The molecule has 112 valence electrons. The van der Waals surface area contributed by atoms with E-state index >= 15 is 0 Å². The SMILES string of the molecule is CCCC[C@H](NC(=O)C(C)OCCC(C)C)C(=O)O. The van der Waals surface area contributed by atoms with Crippen molar-refractivity contribution < 1.29 is 19.4 Å². The molecule has 0 aliphatic heterocycles. The summed E-state index contributed by atoms with van der Waals surface area (Å²) in [5.74, 6) is -0.824. The van der Waals surface area contributed by atoms with Gasteiger partial charge in [-0.1, -0.05) is 33.6 Å². The van der Waals surface area contributed by atoms with Crippen molar-refractivity contribution in [2.45, 2.75) is 65.5 Å². The summed E-state index contributed by atoms with van der Waals surface area (Å²) in [6.07, 6.45) is 2.41. The largest absolute Gasteiger partial charge is 0.480 e. The van der Waals surface area contributed by atoms with Crippen molar-refractivity contribution >= 4 is 11.9 Å². The Morgan fingerprint density at radius 2 is 1.84 bits per heavy atom. The highest BCUT2D eigenvalue weighted by molar-refractivity contribution is 5.86. The molecule has 0 heterocycles. The van der Waals surface area contributed by atoms with Crippen LogP contribution in [0.5, 0.6) is 0 Å². The van der Waals surface area contributed by atoms with E-state index in [0.29, 0.717) is 18.9 Å². The summed E-state index contributed by atoms with van der Waals surface area (Å²) in [5.41, 5.74) is 0. The molecule has 2 atom stereocenters. The third-order valence-electron chi connectivity index (χ3n) is 2.89. The maximum absolute atomic E-state index is 11.8. The fraction of sp³-hybridized carbons (Fsp3) is 0.857. The van der Waals surface area contributed by atoms with E-state index in [1.807, 2.05) is 6.92 Å². The first kappa shape index (κ1) is 17.9. The first-order chi connectivity index (χ1) is 8.88. The minimum absolute atomic E-state index is 0.354. The molecule has 5 heteroatoms. The van der Waals surface area contributed by atoms with Gasteiger partial charge in [0.05, 0.1) is 0 Å². The molecular formula is C14H27NO4. The number of unbranched alkanes of at least 4 members (excludes halogenated alkanes) is 1.